The quantitative estimate of drug-likeness (QED) is 0.686. The van der Waals surface area contributed by atoms with Crippen molar-refractivity contribution >= 4 is 11.0 Å². The van der Waals surface area contributed by atoms with Gasteiger partial charge in [-0.15, -0.1) is 0 Å². The first-order chi connectivity index (χ1) is 8.97. The summed E-state index contributed by atoms with van der Waals surface area (Å²) in [7, 11) is 0. The molecule has 7 heteroatoms. The Labute approximate surface area is 104 Å². The largest absolute Gasteiger partial charge is 0.461 e. The van der Waals surface area contributed by atoms with Gasteiger partial charge in [-0.25, -0.2) is 4.98 Å². The molecular weight excluding hydrogens is 261 g/mol. The van der Waals surface area contributed by atoms with Gasteiger partial charge in [0.25, 0.3) is 0 Å². The zero-order valence-corrected chi connectivity index (χ0v) is 9.35. The maximum atomic E-state index is 12.6. The van der Waals surface area contributed by atoms with E-state index in [2.05, 4.69) is 4.98 Å². The van der Waals surface area contributed by atoms with Crippen LogP contribution in [0.15, 0.2) is 41.0 Å². The van der Waals surface area contributed by atoms with Gasteiger partial charge >= 0.3 is 6.18 Å². The fourth-order valence-electron chi connectivity index (χ4n) is 1.80. The lowest BCUT2D eigenvalue weighted by Gasteiger charge is -2.05. The summed E-state index contributed by atoms with van der Waals surface area (Å²) in [5, 5.41) is 9.88. The molecular formula is C12H7F3N2O2. The molecule has 0 aliphatic heterocycles. The number of halogens is 3. The summed E-state index contributed by atoms with van der Waals surface area (Å²) >= 11 is 0. The SMILES string of the molecule is On1c(-c2ccco2)nc2ccc(C(F)(F)F)cc21. The maximum absolute atomic E-state index is 12.6. The number of nitrogens with zero attached hydrogens (tertiary/aromatic N) is 2. The molecule has 2 aromatic heterocycles. The molecule has 0 aliphatic carbocycles. The van der Waals surface area contributed by atoms with E-state index >= 15 is 0 Å². The molecule has 19 heavy (non-hydrogen) atoms. The first-order valence-electron chi connectivity index (χ1n) is 5.29. The molecule has 0 spiro atoms. The van der Waals surface area contributed by atoms with Gasteiger partial charge < -0.3 is 9.62 Å². The van der Waals surface area contributed by atoms with Crippen molar-refractivity contribution in [1.29, 1.82) is 0 Å². The number of rotatable bonds is 1. The molecule has 1 aromatic carbocycles. The van der Waals surface area contributed by atoms with Gasteiger partial charge in [-0.1, -0.05) is 0 Å². The van der Waals surface area contributed by atoms with Crippen molar-refractivity contribution < 1.29 is 22.8 Å². The van der Waals surface area contributed by atoms with Crippen molar-refractivity contribution in [2.45, 2.75) is 6.18 Å². The van der Waals surface area contributed by atoms with E-state index in [1.54, 1.807) is 12.1 Å². The fourth-order valence-corrected chi connectivity index (χ4v) is 1.80. The second kappa shape index (κ2) is 3.78. The van der Waals surface area contributed by atoms with Crippen LogP contribution < -0.4 is 0 Å². The van der Waals surface area contributed by atoms with E-state index in [0.29, 0.717) is 4.73 Å². The van der Waals surface area contributed by atoms with Crippen LogP contribution in [0.25, 0.3) is 22.6 Å². The zero-order valence-electron chi connectivity index (χ0n) is 9.35. The number of alkyl halides is 3. The lowest BCUT2D eigenvalue weighted by Crippen LogP contribution is -2.04. The van der Waals surface area contributed by atoms with Gasteiger partial charge in [0.1, 0.15) is 5.52 Å². The third-order valence-electron chi connectivity index (χ3n) is 2.70. The molecule has 4 nitrogen and oxygen atoms in total. The van der Waals surface area contributed by atoms with Crippen LogP contribution in [0.5, 0.6) is 0 Å². The predicted octanol–water partition coefficient (Wildman–Crippen LogP) is 3.55. The molecule has 0 fully saturated rings. The molecule has 1 N–H and O–H groups in total. The number of hydrogen-bond acceptors (Lipinski definition) is 3. The summed E-state index contributed by atoms with van der Waals surface area (Å²) in [6.07, 6.45) is -3.08. The number of benzene rings is 1. The summed E-state index contributed by atoms with van der Waals surface area (Å²) in [6.45, 7) is 0. The Morgan fingerprint density at radius 2 is 2.00 bits per heavy atom. The summed E-state index contributed by atoms with van der Waals surface area (Å²) < 4.78 is 43.4. The first-order valence-corrected chi connectivity index (χ1v) is 5.29. The molecule has 0 bridgehead atoms. The molecule has 3 rings (SSSR count). The second-order valence-electron chi connectivity index (χ2n) is 3.93. The Balaban J connectivity index is 2.22. The van der Waals surface area contributed by atoms with Gasteiger partial charge in [-0.3, -0.25) is 0 Å². The van der Waals surface area contributed by atoms with Gasteiger partial charge in [0.15, 0.2) is 5.76 Å². The van der Waals surface area contributed by atoms with Crippen LogP contribution in [0.1, 0.15) is 5.56 Å². The topological polar surface area (TPSA) is 51.2 Å². The second-order valence-corrected chi connectivity index (χ2v) is 3.93. The van der Waals surface area contributed by atoms with Crippen LogP contribution in [0.3, 0.4) is 0 Å². The predicted molar refractivity (Wildman–Crippen MR) is 59.6 cm³/mol. The Bertz CT molecular complexity index is 729. The minimum absolute atomic E-state index is 0.0266. The highest BCUT2D eigenvalue weighted by molar-refractivity contribution is 5.80. The minimum Gasteiger partial charge on any atom is -0.461 e. The Kier molecular flexibility index (Phi) is 2.31. The van der Waals surface area contributed by atoms with Crippen molar-refractivity contribution in [3.8, 4) is 11.6 Å². The molecule has 0 saturated carbocycles. The van der Waals surface area contributed by atoms with E-state index in [1.807, 2.05) is 0 Å². The maximum Gasteiger partial charge on any atom is 0.416 e. The number of aromatic nitrogens is 2. The Morgan fingerprint density at radius 3 is 2.63 bits per heavy atom. The van der Waals surface area contributed by atoms with Crippen LogP contribution in [0.2, 0.25) is 0 Å². The van der Waals surface area contributed by atoms with E-state index in [4.69, 9.17) is 4.42 Å². The van der Waals surface area contributed by atoms with Crippen molar-refractivity contribution in [3.63, 3.8) is 0 Å². The number of furan rings is 1. The van der Waals surface area contributed by atoms with Gasteiger partial charge in [-0.05, 0) is 30.3 Å². The van der Waals surface area contributed by atoms with Gasteiger partial charge in [0.2, 0.25) is 5.82 Å². The minimum atomic E-state index is -4.47. The highest BCUT2D eigenvalue weighted by Gasteiger charge is 2.31. The lowest BCUT2D eigenvalue weighted by molar-refractivity contribution is -0.137. The van der Waals surface area contributed by atoms with Crippen molar-refractivity contribution in [1.82, 2.24) is 9.71 Å². The summed E-state index contributed by atoms with van der Waals surface area (Å²) in [5.41, 5.74) is -0.621. The molecule has 0 amide bonds. The van der Waals surface area contributed by atoms with E-state index in [0.717, 1.165) is 12.1 Å². The van der Waals surface area contributed by atoms with Crippen LogP contribution in [-0.4, -0.2) is 14.9 Å². The summed E-state index contributed by atoms with van der Waals surface area (Å²) in [6, 6.07) is 6.11. The number of hydrogen-bond donors (Lipinski definition) is 1. The molecule has 3 aromatic rings. The van der Waals surface area contributed by atoms with E-state index in [-0.39, 0.29) is 22.6 Å². The number of imidazole rings is 1. The third kappa shape index (κ3) is 1.83. The van der Waals surface area contributed by atoms with Crippen LogP contribution >= 0.6 is 0 Å². The first kappa shape index (κ1) is 11.6. The van der Waals surface area contributed by atoms with E-state index < -0.39 is 11.7 Å². The molecule has 0 radical (unpaired) electrons. The summed E-state index contributed by atoms with van der Waals surface area (Å²) in [5.74, 6) is 0.326. The van der Waals surface area contributed by atoms with Gasteiger partial charge in [0.05, 0.1) is 17.3 Å². The normalized spacial score (nSPS) is 12.2. The zero-order chi connectivity index (χ0) is 13.6. The molecule has 0 unspecified atom stereocenters. The standard InChI is InChI=1S/C12H7F3N2O2/c13-12(14,15)7-3-4-8-9(6-7)17(18)11(16-8)10-2-1-5-19-10/h1-6,18H. The monoisotopic (exact) mass is 268 g/mol. The average molecular weight is 268 g/mol. The highest BCUT2D eigenvalue weighted by Crippen LogP contribution is 2.32. The third-order valence-corrected chi connectivity index (χ3v) is 2.70. The van der Waals surface area contributed by atoms with Crippen LogP contribution in [-0.2, 0) is 6.18 Å². The fraction of sp³-hybridized carbons (Fsp3) is 0.0833. The van der Waals surface area contributed by atoms with Gasteiger partial charge in [0, 0.05) is 0 Å². The molecule has 98 valence electrons. The molecule has 0 saturated heterocycles. The van der Waals surface area contributed by atoms with E-state index in [9.17, 15) is 18.4 Å². The smallest absolute Gasteiger partial charge is 0.416 e. The molecule has 0 aliphatic rings. The van der Waals surface area contributed by atoms with Crippen LogP contribution in [0, 0.1) is 0 Å². The molecule has 0 atom stereocenters. The van der Waals surface area contributed by atoms with Gasteiger partial charge in [-0.2, -0.15) is 17.9 Å². The lowest BCUT2D eigenvalue weighted by atomic mass is 10.2. The molecule has 2 heterocycles. The van der Waals surface area contributed by atoms with Crippen molar-refractivity contribution in [2.24, 2.45) is 0 Å². The number of fused-ring (bicyclic) bond motifs is 1. The summed E-state index contributed by atoms with van der Waals surface area (Å²) in [4.78, 5) is 4.03. The Hall–Kier alpha value is -2.44. The van der Waals surface area contributed by atoms with Crippen molar-refractivity contribution in [2.75, 3.05) is 0 Å². The van der Waals surface area contributed by atoms with E-state index in [1.165, 1.54) is 12.3 Å². The Morgan fingerprint density at radius 1 is 1.21 bits per heavy atom. The van der Waals surface area contributed by atoms with Crippen molar-refractivity contribution in [3.05, 3.63) is 42.2 Å². The van der Waals surface area contributed by atoms with Crippen LogP contribution in [0.4, 0.5) is 13.2 Å². The highest BCUT2D eigenvalue weighted by atomic mass is 19.4. The average Bonchev–Trinajstić information content (AvgIpc) is 2.96.